The normalized spacial score (nSPS) is 12.7. The van der Waals surface area contributed by atoms with Gasteiger partial charge in [0.15, 0.2) is 0 Å². The summed E-state index contributed by atoms with van der Waals surface area (Å²) in [5, 5.41) is 10.8. The van der Waals surface area contributed by atoms with Crippen LogP contribution in [0, 0.1) is 0 Å². The van der Waals surface area contributed by atoms with Crippen molar-refractivity contribution in [3.05, 3.63) is 23.9 Å². The number of hydrogen-bond acceptors (Lipinski definition) is 5. The van der Waals surface area contributed by atoms with Crippen LogP contribution in [0.5, 0.6) is 0 Å². The molecule has 120 valence electrons. The van der Waals surface area contributed by atoms with E-state index in [2.05, 4.69) is 10.3 Å². The average molecular weight is 340 g/mol. The van der Waals surface area contributed by atoms with Gasteiger partial charge in [-0.2, -0.15) is 0 Å². The van der Waals surface area contributed by atoms with Crippen LogP contribution < -0.4 is 5.32 Å². The molecule has 0 aromatic carbocycles. The fraction of sp³-hybridized carbons (Fsp3) is 0.500. The van der Waals surface area contributed by atoms with Gasteiger partial charge in [-0.05, 0) is 37.0 Å². The second kappa shape index (κ2) is 7.47. The Labute approximate surface area is 121 Å². The Balaban J connectivity index is 2.88. The van der Waals surface area contributed by atoms with Gasteiger partial charge in [-0.15, -0.1) is 0 Å². The SMILES string of the molecule is O=P(O)(O)C(Nc1cc(CCCCO)ccn1)P(=O)(O)O. The molecule has 0 bridgehead atoms. The zero-order chi connectivity index (χ0) is 16.1. The Hall–Kier alpha value is -0.790. The van der Waals surface area contributed by atoms with Crippen molar-refractivity contribution in [3.8, 4) is 0 Å². The maximum atomic E-state index is 11.2. The van der Waals surface area contributed by atoms with Crippen LogP contribution in [0.25, 0.3) is 0 Å². The van der Waals surface area contributed by atoms with E-state index >= 15 is 0 Å². The predicted molar refractivity (Wildman–Crippen MR) is 75.8 cm³/mol. The average Bonchev–Trinajstić information content (AvgIpc) is 2.34. The summed E-state index contributed by atoms with van der Waals surface area (Å²) in [6.07, 6.45) is 3.29. The topological polar surface area (TPSA) is 160 Å². The van der Waals surface area contributed by atoms with Crippen LogP contribution in [0.2, 0.25) is 0 Å². The van der Waals surface area contributed by atoms with Crippen molar-refractivity contribution in [2.45, 2.75) is 24.8 Å². The number of aromatic nitrogens is 1. The van der Waals surface area contributed by atoms with E-state index in [-0.39, 0.29) is 12.4 Å². The second-order valence-corrected chi connectivity index (χ2v) is 8.22. The van der Waals surface area contributed by atoms with Crippen molar-refractivity contribution in [1.82, 2.24) is 4.98 Å². The number of anilines is 1. The zero-order valence-corrected chi connectivity index (χ0v) is 12.8. The second-order valence-electron chi connectivity index (χ2n) is 4.43. The molecule has 0 fully saturated rings. The molecule has 0 aliphatic carbocycles. The lowest BCUT2D eigenvalue weighted by atomic mass is 10.1. The first-order valence-electron chi connectivity index (χ1n) is 6.07. The largest absolute Gasteiger partial charge is 0.396 e. The fourth-order valence-corrected chi connectivity index (χ4v) is 3.81. The van der Waals surface area contributed by atoms with Gasteiger partial charge in [-0.1, -0.05) is 0 Å². The summed E-state index contributed by atoms with van der Waals surface area (Å²) < 4.78 is 22.3. The number of pyridine rings is 1. The maximum absolute atomic E-state index is 11.2. The lowest BCUT2D eigenvalue weighted by Crippen LogP contribution is -2.20. The number of aliphatic hydroxyl groups excluding tert-OH is 1. The van der Waals surface area contributed by atoms with Gasteiger partial charge < -0.3 is 30.0 Å². The molecular formula is C10H18N2O7P2. The van der Waals surface area contributed by atoms with Crippen LogP contribution in [-0.4, -0.2) is 41.8 Å². The molecule has 11 heteroatoms. The van der Waals surface area contributed by atoms with Crippen molar-refractivity contribution in [2.24, 2.45) is 0 Å². The van der Waals surface area contributed by atoms with Gasteiger partial charge in [0.05, 0.1) is 0 Å². The van der Waals surface area contributed by atoms with E-state index < -0.39 is 20.7 Å². The third-order valence-electron chi connectivity index (χ3n) is 2.61. The van der Waals surface area contributed by atoms with Crippen molar-refractivity contribution in [2.75, 3.05) is 11.9 Å². The van der Waals surface area contributed by atoms with Gasteiger partial charge in [-0.25, -0.2) is 4.98 Å². The molecule has 0 spiro atoms. The third kappa shape index (κ3) is 6.23. The van der Waals surface area contributed by atoms with Crippen LogP contribution in [0.3, 0.4) is 0 Å². The van der Waals surface area contributed by atoms with E-state index in [1.165, 1.54) is 12.3 Å². The van der Waals surface area contributed by atoms with E-state index in [0.29, 0.717) is 19.3 Å². The third-order valence-corrected chi connectivity index (χ3v) is 5.95. The Morgan fingerprint density at radius 1 is 1.14 bits per heavy atom. The Kier molecular flexibility index (Phi) is 6.49. The first-order chi connectivity index (χ1) is 9.64. The Morgan fingerprint density at radius 3 is 2.29 bits per heavy atom. The van der Waals surface area contributed by atoms with Crippen LogP contribution in [0.15, 0.2) is 18.3 Å². The summed E-state index contributed by atoms with van der Waals surface area (Å²) >= 11 is 0. The molecule has 9 nitrogen and oxygen atoms in total. The number of aliphatic hydroxyl groups is 1. The zero-order valence-electron chi connectivity index (χ0n) is 11.0. The molecule has 1 aromatic rings. The first kappa shape index (κ1) is 18.3. The van der Waals surface area contributed by atoms with Crippen LogP contribution >= 0.6 is 15.2 Å². The fourth-order valence-electron chi connectivity index (χ4n) is 1.65. The highest BCUT2D eigenvalue weighted by Crippen LogP contribution is 2.59. The maximum Gasteiger partial charge on any atom is 0.360 e. The van der Waals surface area contributed by atoms with Crippen molar-refractivity contribution < 1.29 is 33.8 Å². The highest BCUT2D eigenvalue weighted by molar-refractivity contribution is 7.71. The molecule has 0 aliphatic rings. The highest BCUT2D eigenvalue weighted by Gasteiger charge is 2.43. The number of hydrogen-bond donors (Lipinski definition) is 6. The van der Waals surface area contributed by atoms with Crippen LogP contribution in [0.1, 0.15) is 18.4 Å². The molecule has 0 atom stereocenters. The van der Waals surface area contributed by atoms with Crippen LogP contribution in [-0.2, 0) is 15.6 Å². The minimum Gasteiger partial charge on any atom is -0.396 e. The lowest BCUT2D eigenvalue weighted by Gasteiger charge is -2.21. The molecule has 1 rings (SSSR count). The van der Waals surface area contributed by atoms with Crippen molar-refractivity contribution in [3.63, 3.8) is 0 Å². The molecular weight excluding hydrogens is 322 g/mol. The lowest BCUT2D eigenvalue weighted by molar-refractivity contribution is 0.284. The minimum absolute atomic E-state index is 0.0341. The summed E-state index contributed by atoms with van der Waals surface area (Å²) in [5.74, 6) is -0.0341. The van der Waals surface area contributed by atoms with E-state index in [4.69, 9.17) is 24.7 Å². The molecule has 1 heterocycles. The Morgan fingerprint density at radius 2 is 1.76 bits per heavy atom. The molecule has 0 radical (unpaired) electrons. The molecule has 0 aliphatic heterocycles. The molecule has 0 saturated carbocycles. The van der Waals surface area contributed by atoms with Gasteiger partial charge in [0, 0.05) is 12.8 Å². The number of rotatable bonds is 8. The molecule has 1 aromatic heterocycles. The van der Waals surface area contributed by atoms with Gasteiger partial charge in [0.25, 0.3) is 0 Å². The smallest absolute Gasteiger partial charge is 0.360 e. The van der Waals surface area contributed by atoms with Gasteiger partial charge in [0.1, 0.15) is 5.82 Å². The standard InChI is InChI=1S/C10H18N2O7P2/c13-6-2-1-3-8-4-5-11-9(7-8)12-10(20(14,15)16)21(17,18)19/h4-5,7,10,13H,1-3,6H2,(H,11,12)(H2,14,15,16)(H2,17,18,19). The quantitative estimate of drug-likeness (QED) is 0.291. The van der Waals surface area contributed by atoms with E-state index in [1.54, 1.807) is 6.07 Å². The summed E-state index contributed by atoms with van der Waals surface area (Å²) in [6, 6.07) is 3.13. The number of nitrogens with zero attached hydrogens (tertiary/aromatic N) is 1. The van der Waals surface area contributed by atoms with Crippen molar-refractivity contribution in [1.29, 1.82) is 0 Å². The van der Waals surface area contributed by atoms with Gasteiger partial charge >= 0.3 is 15.2 Å². The van der Waals surface area contributed by atoms with E-state index in [0.717, 1.165) is 5.56 Å². The number of aryl methyl sites for hydroxylation is 1. The summed E-state index contributed by atoms with van der Waals surface area (Å²) in [4.78, 5) is 39.9. The monoisotopic (exact) mass is 340 g/mol. The van der Waals surface area contributed by atoms with Gasteiger partial charge in [-0.3, -0.25) is 9.13 Å². The Bertz CT molecular complexity index is 534. The summed E-state index contributed by atoms with van der Waals surface area (Å²) in [6.45, 7) is 0.0642. The summed E-state index contributed by atoms with van der Waals surface area (Å²) in [5.41, 5.74) is -1.55. The molecule has 6 N–H and O–H groups in total. The van der Waals surface area contributed by atoms with Crippen LogP contribution in [0.4, 0.5) is 5.82 Å². The molecule has 0 saturated heterocycles. The first-order valence-corrected chi connectivity index (χ1v) is 9.43. The molecule has 0 unspecified atom stereocenters. The predicted octanol–water partition coefficient (Wildman–Crippen LogP) is 0.447. The molecule has 0 amide bonds. The van der Waals surface area contributed by atoms with Gasteiger partial charge in [0.2, 0.25) is 5.52 Å². The van der Waals surface area contributed by atoms with E-state index in [1.807, 2.05) is 0 Å². The highest BCUT2D eigenvalue weighted by atomic mass is 31.2. The molecule has 21 heavy (non-hydrogen) atoms. The van der Waals surface area contributed by atoms with Crippen molar-refractivity contribution >= 4 is 21.0 Å². The summed E-state index contributed by atoms with van der Waals surface area (Å²) in [7, 11) is -10.1. The van der Waals surface area contributed by atoms with E-state index in [9.17, 15) is 9.13 Å². The minimum atomic E-state index is -5.05. The number of unbranched alkanes of at least 4 members (excludes halogenated alkanes) is 1. The number of nitrogens with one attached hydrogen (secondary N) is 1.